The van der Waals surface area contributed by atoms with Gasteiger partial charge in [0, 0.05) is 50.6 Å². The van der Waals surface area contributed by atoms with Crippen LogP contribution in [0.15, 0.2) is 17.1 Å². The molecule has 0 radical (unpaired) electrons. The highest BCUT2D eigenvalue weighted by molar-refractivity contribution is 5.94. The van der Waals surface area contributed by atoms with Crippen LogP contribution in [0.2, 0.25) is 0 Å². The summed E-state index contributed by atoms with van der Waals surface area (Å²) >= 11 is 0. The second-order valence-electron chi connectivity index (χ2n) is 7.03. The Hall–Kier alpha value is -2.11. The fraction of sp³-hybridized carbons (Fsp3) is 0.611. The van der Waals surface area contributed by atoms with Gasteiger partial charge in [-0.2, -0.15) is 0 Å². The molecule has 0 aliphatic carbocycles. The lowest BCUT2D eigenvalue weighted by atomic mass is 10.0. The predicted molar refractivity (Wildman–Crippen MR) is 92.9 cm³/mol. The third-order valence-electron chi connectivity index (χ3n) is 4.49. The number of aryl methyl sites for hydroxylation is 2. The predicted octanol–water partition coefficient (Wildman–Crippen LogP) is 1.46. The Morgan fingerprint density at radius 1 is 1.29 bits per heavy atom. The SMILES string of the molecule is Cc1cc(=O)c(C(=O)NC2CCN(C(=O)CC(C)C)CC2)cn1C. The zero-order chi connectivity index (χ0) is 17.9. The fourth-order valence-corrected chi connectivity index (χ4v) is 2.91. The van der Waals surface area contributed by atoms with Crippen molar-refractivity contribution in [2.24, 2.45) is 13.0 Å². The number of hydrogen-bond acceptors (Lipinski definition) is 3. The smallest absolute Gasteiger partial charge is 0.256 e. The van der Waals surface area contributed by atoms with Crippen molar-refractivity contribution in [3.63, 3.8) is 0 Å². The van der Waals surface area contributed by atoms with Gasteiger partial charge in [0.2, 0.25) is 5.91 Å². The van der Waals surface area contributed by atoms with Gasteiger partial charge in [0.15, 0.2) is 5.43 Å². The van der Waals surface area contributed by atoms with E-state index in [9.17, 15) is 14.4 Å². The minimum atomic E-state index is -0.331. The molecule has 132 valence electrons. The van der Waals surface area contributed by atoms with E-state index >= 15 is 0 Å². The van der Waals surface area contributed by atoms with Gasteiger partial charge in [-0.3, -0.25) is 14.4 Å². The number of rotatable bonds is 4. The van der Waals surface area contributed by atoms with Crippen molar-refractivity contribution >= 4 is 11.8 Å². The molecule has 6 nitrogen and oxygen atoms in total. The maximum absolute atomic E-state index is 12.4. The normalized spacial score (nSPS) is 15.6. The highest BCUT2D eigenvalue weighted by atomic mass is 16.2. The molecule has 0 saturated carbocycles. The molecular weight excluding hydrogens is 306 g/mol. The number of nitrogens with zero attached hydrogens (tertiary/aromatic N) is 2. The monoisotopic (exact) mass is 333 g/mol. The first kappa shape index (κ1) is 18.2. The van der Waals surface area contributed by atoms with Gasteiger partial charge < -0.3 is 14.8 Å². The molecule has 2 rings (SSSR count). The third-order valence-corrected chi connectivity index (χ3v) is 4.49. The summed E-state index contributed by atoms with van der Waals surface area (Å²) in [6.07, 6.45) is 3.59. The first-order valence-electron chi connectivity index (χ1n) is 8.54. The van der Waals surface area contributed by atoms with E-state index in [1.807, 2.05) is 32.7 Å². The van der Waals surface area contributed by atoms with Crippen molar-refractivity contribution in [2.45, 2.75) is 46.1 Å². The Morgan fingerprint density at radius 2 is 1.92 bits per heavy atom. The highest BCUT2D eigenvalue weighted by Crippen LogP contribution is 2.14. The summed E-state index contributed by atoms with van der Waals surface area (Å²) in [4.78, 5) is 38.3. The van der Waals surface area contributed by atoms with Crippen LogP contribution in [0.4, 0.5) is 0 Å². The molecule has 1 aromatic rings. The topological polar surface area (TPSA) is 71.4 Å². The van der Waals surface area contributed by atoms with Crippen LogP contribution >= 0.6 is 0 Å². The number of hydrogen-bond donors (Lipinski definition) is 1. The average molecular weight is 333 g/mol. The van der Waals surface area contributed by atoms with Gasteiger partial charge >= 0.3 is 0 Å². The average Bonchev–Trinajstić information content (AvgIpc) is 2.50. The number of pyridine rings is 1. The summed E-state index contributed by atoms with van der Waals surface area (Å²) < 4.78 is 1.77. The standard InChI is InChI=1S/C18H27N3O3/c1-12(2)9-17(23)21-7-5-14(6-8-21)19-18(24)15-11-20(4)13(3)10-16(15)22/h10-12,14H,5-9H2,1-4H3,(H,19,24). The summed E-state index contributed by atoms with van der Waals surface area (Å²) in [6.45, 7) is 7.21. The molecule has 0 bridgehead atoms. The Balaban J connectivity index is 1.92. The molecule has 24 heavy (non-hydrogen) atoms. The van der Waals surface area contributed by atoms with Crippen molar-refractivity contribution < 1.29 is 9.59 Å². The van der Waals surface area contributed by atoms with Crippen LogP contribution in [-0.4, -0.2) is 40.4 Å². The van der Waals surface area contributed by atoms with E-state index in [0.29, 0.717) is 25.4 Å². The van der Waals surface area contributed by atoms with Crippen molar-refractivity contribution in [3.8, 4) is 0 Å². The Kier molecular flexibility index (Phi) is 5.80. The van der Waals surface area contributed by atoms with Crippen LogP contribution < -0.4 is 10.7 Å². The zero-order valence-corrected chi connectivity index (χ0v) is 15.0. The second-order valence-corrected chi connectivity index (χ2v) is 7.03. The summed E-state index contributed by atoms with van der Waals surface area (Å²) in [5, 5.41) is 2.93. The number of amides is 2. The summed E-state index contributed by atoms with van der Waals surface area (Å²) in [7, 11) is 1.81. The van der Waals surface area contributed by atoms with Crippen LogP contribution in [0.1, 0.15) is 49.2 Å². The lowest BCUT2D eigenvalue weighted by Gasteiger charge is -2.32. The number of piperidine rings is 1. The lowest BCUT2D eigenvalue weighted by molar-refractivity contribution is -0.133. The number of carbonyl (C=O) groups is 2. The van der Waals surface area contributed by atoms with Crippen molar-refractivity contribution in [1.82, 2.24) is 14.8 Å². The van der Waals surface area contributed by atoms with Crippen LogP contribution in [0, 0.1) is 12.8 Å². The summed E-state index contributed by atoms with van der Waals surface area (Å²) in [5.41, 5.74) is 0.725. The molecule has 0 atom stereocenters. The minimum absolute atomic E-state index is 0.00612. The van der Waals surface area contributed by atoms with Gasteiger partial charge in [-0.1, -0.05) is 13.8 Å². The van der Waals surface area contributed by atoms with E-state index in [4.69, 9.17) is 0 Å². The van der Waals surface area contributed by atoms with Gasteiger partial charge in [0.25, 0.3) is 5.91 Å². The van der Waals surface area contributed by atoms with E-state index in [-0.39, 0.29) is 28.8 Å². The molecule has 1 N–H and O–H groups in total. The maximum atomic E-state index is 12.4. The number of carbonyl (C=O) groups excluding carboxylic acids is 2. The molecule has 2 amide bonds. The quantitative estimate of drug-likeness (QED) is 0.907. The molecule has 0 unspecified atom stereocenters. The maximum Gasteiger partial charge on any atom is 0.256 e. The summed E-state index contributed by atoms with van der Waals surface area (Å²) in [6, 6.07) is 1.48. The van der Waals surface area contributed by atoms with E-state index in [1.165, 1.54) is 6.07 Å². The van der Waals surface area contributed by atoms with Crippen LogP contribution in [0.25, 0.3) is 0 Å². The minimum Gasteiger partial charge on any atom is -0.354 e. The Morgan fingerprint density at radius 3 is 2.50 bits per heavy atom. The molecule has 1 saturated heterocycles. The molecule has 6 heteroatoms. The molecule has 0 aromatic carbocycles. The first-order chi connectivity index (χ1) is 11.3. The molecule has 1 aliphatic rings. The second kappa shape index (κ2) is 7.64. The van der Waals surface area contributed by atoms with Crippen molar-refractivity contribution in [1.29, 1.82) is 0 Å². The number of nitrogens with one attached hydrogen (secondary N) is 1. The van der Waals surface area contributed by atoms with Gasteiger partial charge in [0.05, 0.1) is 0 Å². The van der Waals surface area contributed by atoms with Gasteiger partial charge in [-0.25, -0.2) is 0 Å². The Labute approximate surface area is 142 Å². The molecule has 1 fully saturated rings. The van der Waals surface area contributed by atoms with Crippen LogP contribution in [0.3, 0.4) is 0 Å². The molecular formula is C18H27N3O3. The van der Waals surface area contributed by atoms with Gasteiger partial charge in [-0.15, -0.1) is 0 Å². The van der Waals surface area contributed by atoms with E-state index in [1.54, 1.807) is 10.8 Å². The molecule has 1 aromatic heterocycles. The van der Waals surface area contributed by atoms with E-state index in [2.05, 4.69) is 5.32 Å². The van der Waals surface area contributed by atoms with Crippen molar-refractivity contribution in [2.75, 3.05) is 13.1 Å². The first-order valence-corrected chi connectivity index (χ1v) is 8.54. The highest BCUT2D eigenvalue weighted by Gasteiger charge is 2.25. The lowest BCUT2D eigenvalue weighted by Crippen LogP contribution is -2.47. The fourth-order valence-electron chi connectivity index (χ4n) is 2.91. The molecule has 0 spiro atoms. The van der Waals surface area contributed by atoms with E-state index in [0.717, 1.165) is 18.5 Å². The largest absolute Gasteiger partial charge is 0.354 e. The molecule has 2 heterocycles. The summed E-state index contributed by atoms with van der Waals surface area (Å²) in [5.74, 6) is 0.206. The van der Waals surface area contributed by atoms with Gasteiger partial charge in [-0.05, 0) is 25.7 Å². The molecule has 1 aliphatic heterocycles. The number of likely N-dealkylation sites (tertiary alicyclic amines) is 1. The van der Waals surface area contributed by atoms with Crippen LogP contribution in [-0.2, 0) is 11.8 Å². The van der Waals surface area contributed by atoms with E-state index < -0.39 is 0 Å². The zero-order valence-electron chi connectivity index (χ0n) is 15.0. The number of aromatic nitrogens is 1. The van der Waals surface area contributed by atoms with Crippen molar-refractivity contribution in [3.05, 3.63) is 33.7 Å². The third kappa shape index (κ3) is 4.46. The van der Waals surface area contributed by atoms with Crippen LogP contribution in [0.5, 0.6) is 0 Å². The van der Waals surface area contributed by atoms with Gasteiger partial charge in [0.1, 0.15) is 5.56 Å². The Bertz CT molecular complexity index is 671.